The number of rotatable bonds is 0. The van der Waals surface area contributed by atoms with Gasteiger partial charge in [0, 0.05) is 28.7 Å². The van der Waals surface area contributed by atoms with Gasteiger partial charge in [-0.2, -0.15) is 0 Å². The molecule has 0 radical (unpaired) electrons. The van der Waals surface area contributed by atoms with E-state index >= 15 is 0 Å². The van der Waals surface area contributed by atoms with Crippen molar-refractivity contribution in [3.63, 3.8) is 0 Å². The molecule has 0 amide bonds. The molecule has 2 nitrogen and oxygen atoms in total. The van der Waals surface area contributed by atoms with Crippen molar-refractivity contribution in [2.24, 2.45) is 5.41 Å². The highest BCUT2D eigenvalue weighted by Crippen LogP contribution is 2.44. The van der Waals surface area contributed by atoms with Crippen LogP contribution in [0, 0.1) is 5.41 Å². The zero-order chi connectivity index (χ0) is 11.2. The molecule has 0 aromatic heterocycles. The molecule has 0 saturated carbocycles. The van der Waals surface area contributed by atoms with Crippen LogP contribution in [0.3, 0.4) is 0 Å². The summed E-state index contributed by atoms with van der Waals surface area (Å²) < 4.78 is 6.42. The van der Waals surface area contributed by atoms with E-state index in [0.717, 1.165) is 42.5 Å². The first-order chi connectivity index (χ1) is 7.71. The number of benzene rings is 1. The molecule has 1 spiro atoms. The average molecular weight is 281 g/mol. The Labute approximate surface area is 103 Å². The molecule has 1 aromatic carbocycles. The summed E-state index contributed by atoms with van der Waals surface area (Å²) in [6.45, 7) is 1.45. The lowest BCUT2D eigenvalue weighted by molar-refractivity contribution is 0.0205. The van der Waals surface area contributed by atoms with Crippen molar-refractivity contribution in [2.45, 2.75) is 19.3 Å². The number of fused-ring (bicyclic) bond motifs is 1. The van der Waals surface area contributed by atoms with E-state index in [1.54, 1.807) is 0 Å². The Hall–Kier alpha value is -0.670. The summed E-state index contributed by atoms with van der Waals surface area (Å²) in [7, 11) is 0. The summed E-state index contributed by atoms with van der Waals surface area (Å²) in [6, 6.07) is 5.98. The van der Waals surface area contributed by atoms with Gasteiger partial charge in [0.25, 0.3) is 0 Å². The molecule has 16 heavy (non-hydrogen) atoms. The molecule has 2 aliphatic rings. The van der Waals surface area contributed by atoms with E-state index in [-0.39, 0.29) is 5.41 Å². The molecule has 0 atom stereocenters. The molecule has 0 bridgehead atoms. The van der Waals surface area contributed by atoms with Gasteiger partial charge in [0.15, 0.2) is 5.78 Å². The summed E-state index contributed by atoms with van der Waals surface area (Å²) in [5.41, 5.74) is 1.97. The molecule has 1 aromatic rings. The van der Waals surface area contributed by atoms with E-state index in [0.29, 0.717) is 5.78 Å². The van der Waals surface area contributed by atoms with Crippen molar-refractivity contribution in [3.8, 4) is 0 Å². The molecule has 1 aliphatic heterocycles. The van der Waals surface area contributed by atoms with Crippen molar-refractivity contribution in [1.82, 2.24) is 0 Å². The molecule has 1 saturated heterocycles. The highest BCUT2D eigenvalue weighted by Gasteiger charge is 2.45. The average Bonchev–Trinajstić information content (AvgIpc) is 2.53. The lowest BCUT2D eigenvalue weighted by Gasteiger charge is -2.31. The van der Waals surface area contributed by atoms with Gasteiger partial charge in [0.1, 0.15) is 0 Å². The van der Waals surface area contributed by atoms with Crippen molar-refractivity contribution in [1.29, 1.82) is 0 Å². The second kappa shape index (κ2) is 3.67. The lowest BCUT2D eigenvalue weighted by atomic mass is 9.77. The van der Waals surface area contributed by atoms with Gasteiger partial charge in [-0.3, -0.25) is 4.79 Å². The van der Waals surface area contributed by atoms with E-state index < -0.39 is 0 Å². The smallest absolute Gasteiger partial charge is 0.169 e. The first kappa shape index (κ1) is 10.5. The second-order valence-corrected chi connectivity index (χ2v) is 5.62. The summed E-state index contributed by atoms with van der Waals surface area (Å²) in [6.07, 6.45) is 2.64. The van der Waals surface area contributed by atoms with Crippen LogP contribution in [0.4, 0.5) is 0 Å². The Morgan fingerprint density at radius 3 is 2.75 bits per heavy atom. The Bertz CT molecular complexity index is 447. The summed E-state index contributed by atoms with van der Waals surface area (Å²) in [5, 5.41) is 0. The monoisotopic (exact) mass is 280 g/mol. The zero-order valence-electron chi connectivity index (χ0n) is 8.96. The fourth-order valence-electron chi connectivity index (χ4n) is 2.83. The number of carbonyl (C=O) groups is 1. The molecule has 84 valence electrons. The number of hydrogen-bond acceptors (Lipinski definition) is 2. The first-order valence-corrected chi connectivity index (χ1v) is 6.42. The van der Waals surface area contributed by atoms with Crippen LogP contribution in [0.15, 0.2) is 22.7 Å². The predicted molar refractivity (Wildman–Crippen MR) is 64.7 cm³/mol. The van der Waals surface area contributed by atoms with Crippen LogP contribution >= 0.6 is 15.9 Å². The van der Waals surface area contributed by atoms with Crippen molar-refractivity contribution in [3.05, 3.63) is 33.8 Å². The number of ether oxygens (including phenoxy) is 1. The number of hydrogen-bond donors (Lipinski definition) is 0. The van der Waals surface area contributed by atoms with E-state index in [4.69, 9.17) is 4.74 Å². The molecule has 1 aliphatic carbocycles. The lowest BCUT2D eigenvalue weighted by Crippen LogP contribution is -2.34. The van der Waals surface area contributed by atoms with Crippen LogP contribution in [-0.4, -0.2) is 19.0 Å². The maximum Gasteiger partial charge on any atom is 0.169 e. The Balaban J connectivity index is 2.02. The second-order valence-electron chi connectivity index (χ2n) is 4.70. The third-order valence-electron chi connectivity index (χ3n) is 3.77. The number of halogens is 1. The van der Waals surface area contributed by atoms with Gasteiger partial charge >= 0.3 is 0 Å². The predicted octanol–water partition coefficient (Wildman–Crippen LogP) is 2.98. The van der Waals surface area contributed by atoms with Gasteiger partial charge in [0.05, 0.1) is 0 Å². The molecule has 0 N–H and O–H groups in total. The fourth-order valence-corrected chi connectivity index (χ4v) is 3.24. The Morgan fingerprint density at radius 1 is 1.25 bits per heavy atom. The summed E-state index contributed by atoms with van der Waals surface area (Å²) >= 11 is 3.46. The van der Waals surface area contributed by atoms with Gasteiger partial charge in [-0.25, -0.2) is 0 Å². The minimum Gasteiger partial charge on any atom is -0.381 e. The largest absolute Gasteiger partial charge is 0.381 e. The minimum atomic E-state index is -0.151. The molecular formula is C13H13BrO2. The van der Waals surface area contributed by atoms with Crippen LogP contribution < -0.4 is 0 Å². The van der Waals surface area contributed by atoms with Crippen molar-refractivity contribution < 1.29 is 9.53 Å². The third-order valence-corrected chi connectivity index (χ3v) is 4.27. The normalized spacial score (nSPS) is 22.4. The van der Waals surface area contributed by atoms with Gasteiger partial charge in [-0.05, 0) is 43.0 Å². The minimum absolute atomic E-state index is 0.151. The SMILES string of the molecule is O=C1c2ccc(Br)cc2CC12CCOCC2. The number of carbonyl (C=O) groups excluding carboxylic acids is 1. The van der Waals surface area contributed by atoms with Gasteiger partial charge in [-0.1, -0.05) is 15.9 Å². The zero-order valence-corrected chi connectivity index (χ0v) is 10.5. The van der Waals surface area contributed by atoms with Crippen LogP contribution in [0.1, 0.15) is 28.8 Å². The molecule has 1 fully saturated rings. The summed E-state index contributed by atoms with van der Waals surface area (Å²) in [4.78, 5) is 12.4. The maximum atomic E-state index is 12.4. The molecule has 3 heteroatoms. The standard InChI is InChI=1S/C13H13BrO2/c14-10-1-2-11-9(7-10)8-13(12(11)15)3-5-16-6-4-13/h1-2,7H,3-6,8H2. The van der Waals surface area contributed by atoms with Crippen LogP contribution in [0.25, 0.3) is 0 Å². The first-order valence-electron chi connectivity index (χ1n) is 5.62. The van der Waals surface area contributed by atoms with Crippen molar-refractivity contribution >= 4 is 21.7 Å². The fraction of sp³-hybridized carbons (Fsp3) is 0.462. The van der Waals surface area contributed by atoms with E-state index in [9.17, 15) is 4.79 Å². The third kappa shape index (κ3) is 1.45. The van der Waals surface area contributed by atoms with Crippen molar-refractivity contribution in [2.75, 3.05) is 13.2 Å². The highest BCUT2D eigenvalue weighted by atomic mass is 79.9. The Morgan fingerprint density at radius 2 is 2.00 bits per heavy atom. The van der Waals surface area contributed by atoms with Crippen LogP contribution in [0.5, 0.6) is 0 Å². The van der Waals surface area contributed by atoms with Gasteiger partial charge < -0.3 is 4.74 Å². The molecular weight excluding hydrogens is 268 g/mol. The number of ketones is 1. The van der Waals surface area contributed by atoms with Crippen LogP contribution in [-0.2, 0) is 11.2 Å². The van der Waals surface area contributed by atoms with E-state index in [2.05, 4.69) is 22.0 Å². The Kier molecular flexibility index (Phi) is 2.41. The van der Waals surface area contributed by atoms with E-state index in [1.807, 2.05) is 12.1 Å². The topological polar surface area (TPSA) is 26.3 Å². The van der Waals surface area contributed by atoms with Gasteiger partial charge in [0.2, 0.25) is 0 Å². The van der Waals surface area contributed by atoms with Crippen LogP contribution in [0.2, 0.25) is 0 Å². The molecule has 0 unspecified atom stereocenters. The molecule has 1 heterocycles. The van der Waals surface area contributed by atoms with Gasteiger partial charge in [-0.15, -0.1) is 0 Å². The highest BCUT2D eigenvalue weighted by molar-refractivity contribution is 9.10. The molecule has 3 rings (SSSR count). The maximum absolute atomic E-state index is 12.4. The quantitative estimate of drug-likeness (QED) is 0.730. The van der Waals surface area contributed by atoms with E-state index in [1.165, 1.54) is 5.56 Å². The summed E-state index contributed by atoms with van der Waals surface area (Å²) in [5.74, 6) is 0.332. The number of Topliss-reactive ketones (excluding diaryl/α,β-unsaturated/α-hetero) is 1.